The Morgan fingerprint density at radius 1 is 1.40 bits per heavy atom. The average molecular weight is 274 g/mol. The van der Waals surface area contributed by atoms with Crippen LogP contribution < -0.4 is 11.1 Å². The molecule has 3 N–H and O–H groups in total. The lowest BCUT2D eigenvalue weighted by atomic mass is 10.0. The molecule has 20 heavy (non-hydrogen) atoms. The number of nitrogens with two attached hydrogens (primary N) is 1. The van der Waals surface area contributed by atoms with Crippen molar-refractivity contribution in [3.05, 3.63) is 59.3 Å². The van der Waals surface area contributed by atoms with Crippen LogP contribution in [0, 0.1) is 5.82 Å². The van der Waals surface area contributed by atoms with Gasteiger partial charge >= 0.3 is 0 Å². The summed E-state index contributed by atoms with van der Waals surface area (Å²) >= 11 is 0. The minimum atomic E-state index is -0.581. The van der Waals surface area contributed by atoms with Crippen molar-refractivity contribution in [3.8, 4) is 0 Å². The smallest absolute Gasteiger partial charge is 0.255 e. The quantitative estimate of drug-likeness (QED) is 0.898. The minimum Gasteiger partial charge on any atom is -0.467 e. The molecule has 0 unspecified atom stereocenters. The van der Waals surface area contributed by atoms with Crippen LogP contribution in [0.15, 0.2) is 41.0 Å². The lowest BCUT2D eigenvalue weighted by Gasteiger charge is -2.18. The summed E-state index contributed by atoms with van der Waals surface area (Å²) in [6, 6.07) is 8.14. The molecule has 0 atom stereocenters. The fourth-order valence-electron chi connectivity index (χ4n) is 2.33. The number of furan rings is 1. The number of amides is 1. The lowest BCUT2D eigenvalue weighted by Crippen LogP contribution is -2.35. The number of hydrogen-bond acceptors (Lipinski definition) is 3. The van der Waals surface area contributed by atoms with E-state index in [2.05, 4.69) is 5.32 Å². The summed E-state index contributed by atoms with van der Waals surface area (Å²) in [4.78, 5) is 12.2. The van der Waals surface area contributed by atoms with Gasteiger partial charge < -0.3 is 15.5 Å². The normalized spacial score (nSPS) is 15.9. The molecule has 1 saturated carbocycles. The summed E-state index contributed by atoms with van der Waals surface area (Å²) in [5.41, 5.74) is 5.81. The fourth-order valence-corrected chi connectivity index (χ4v) is 2.33. The number of nitrogens with one attached hydrogen (secondary N) is 1. The van der Waals surface area contributed by atoms with Gasteiger partial charge in [0.25, 0.3) is 5.91 Å². The van der Waals surface area contributed by atoms with Crippen molar-refractivity contribution in [2.75, 3.05) is 0 Å². The first-order valence-corrected chi connectivity index (χ1v) is 6.50. The molecular weight excluding hydrogens is 259 g/mol. The number of carbonyl (C=O) groups is 1. The van der Waals surface area contributed by atoms with Gasteiger partial charge in [-0.1, -0.05) is 18.2 Å². The zero-order valence-electron chi connectivity index (χ0n) is 10.9. The van der Waals surface area contributed by atoms with Crippen LogP contribution in [0.2, 0.25) is 0 Å². The van der Waals surface area contributed by atoms with Crippen molar-refractivity contribution in [2.45, 2.75) is 24.9 Å². The van der Waals surface area contributed by atoms with Gasteiger partial charge in [-0.25, -0.2) is 4.39 Å². The van der Waals surface area contributed by atoms with E-state index in [-0.39, 0.29) is 18.3 Å². The maximum atomic E-state index is 13.9. The molecular formula is C15H15FN2O2. The number of carbonyl (C=O) groups excluding carboxylic acids is 1. The first-order valence-electron chi connectivity index (χ1n) is 6.50. The summed E-state index contributed by atoms with van der Waals surface area (Å²) in [5, 5.41) is 2.90. The van der Waals surface area contributed by atoms with E-state index < -0.39 is 5.54 Å². The van der Waals surface area contributed by atoms with Crippen LogP contribution in [0.25, 0.3) is 0 Å². The van der Waals surface area contributed by atoms with E-state index >= 15 is 0 Å². The molecule has 104 valence electrons. The van der Waals surface area contributed by atoms with Crippen LogP contribution in [0.1, 0.15) is 34.5 Å². The maximum Gasteiger partial charge on any atom is 0.255 e. The van der Waals surface area contributed by atoms with Crippen molar-refractivity contribution >= 4 is 5.91 Å². The van der Waals surface area contributed by atoms with Crippen molar-refractivity contribution < 1.29 is 13.6 Å². The number of benzene rings is 1. The molecule has 0 radical (unpaired) electrons. The topological polar surface area (TPSA) is 68.3 Å². The Morgan fingerprint density at radius 3 is 2.75 bits per heavy atom. The summed E-state index contributed by atoms with van der Waals surface area (Å²) in [5.74, 6) is -0.0137. The summed E-state index contributed by atoms with van der Waals surface area (Å²) in [6.45, 7) is 0.242. The van der Waals surface area contributed by atoms with Gasteiger partial charge in [0.1, 0.15) is 17.8 Å². The zero-order valence-corrected chi connectivity index (χ0v) is 10.9. The van der Waals surface area contributed by atoms with Crippen LogP contribution in [-0.4, -0.2) is 5.91 Å². The van der Waals surface area contributed by atoms with E-state index in [1.54, 1.807) is 24.3 Å². The molecule has 0 spiro atoms. The van der Waals surface area contributed by atoms with Crippen molar-refractivity contribution in [1.29, 1.82) is 0 Å². The SMILES string of the molecule is NCc1cc(C(=O)NC2(c3ccccc3F)CC2)co1. The molecule has 4 nitrogen and oxygen atoms in total. The van der Waals surface area contributed by atoms with E-state index in [4.69, 9.17) is 10.2 Å². The van der Waals surface area contributed by atoms with E-state index in [0.29, 0.717) is 16.9 Å². The second-order valence-electron chi connectivity index (χ2n) is 5.02. The molecule has 3 rings (SSSR count). The Kier molecular flexibility index (Phi) is 3.06. The minimum absolute atomic E-state index is 0.242. The van der Waals surface area contributed by atoms with Crippen LogP contribution in [0.5, 0.6) is 0 Å². The highest BCUT2D eigenvalue weighted by Crippen LogP contribution is 2.46. The van der Waals surface area contributed by atoms with Gasteiger partial charge in [-0.15, -0.1) is 0 Å². The highest BCUT2D eigenvalue weighted by molar-refractivity contribution is 5.94. The van der Waals surface area contributed by atoms with Crippen molar-refractivity contribution in [3.63, 3.8) is 0 Å². The van der Waals surface area contributed by atoms with Gasteiger partial charge in [0.05, 0.1) is 17.6 Å². The largest absolute Gasteiger partial charge is 0.467 e. The third-order valence-electron chi connectivity index (χ3n) is 3.61. The molecule has 5 heteroatoms. The molecule has 1 fully saturated rings. The Bertz CT molecular complexity index is 647. The highest BCUT2D eigenvalue weighted by atomic mass is 19.1. The molecule has 1 aromatic heterocycles. The Hall–Kier alpha value is -2.14. The van der Waals surface area contributed by atoms with Crippen molar-refractivity contribution in [1.82, 2.24) is 5.32 Å². The van der Waals surface area contributed by atoms with Crippen LogP contribution in [-0.2, 0) is 12.1 Å². The van der Waals surface area contributed by atoms with Gasteiger partial charge in [-0.3, -0.25) is 4.79 Å². The van der Waals surface area contributed by atoms with Gasteiger partial charge in [0.2, 0.25) is 0 Å². The summed E-state index contributed by atoms with van der Waals surface area (Å²) < 4.78 is 19.0. The van der Waals surface area contributed by atoms with E-state index in [9.17, 15) is 9.18 Å². The molecule has 1 amide bonds. The van der Waals surface area contributed by atoms with E-state index in [0.717, 1.165) is 12.8 Å². The van der Waals surface area contributed by atoms with Gasteiger partial charge in [0, 0.05) is 5.56 Å². The molecule has 1 heterocycles. The maximum absolute atomic E-state index is 13.9. The predicted octanol–water partition coefficient (Wildman–Crippen LogP) is 2.30. The van der Waals surface area contributed by atoms with E-state index in [1.807, 2.05) is 0 Å². The third kappa shape index (κ3) is 2.20. The number of hydrogen-bond donors (Lipinski definition) is 2. The predicted molar refractivity (Wildman–Crippen MR) is 71.4 cm³/mol. The molecule has 0 bridgehead atoms. The molecule has 2 aromatic rings. The Morgan fingerprint density at radius 2 is 2.15 bits per heavy atom. The average Bonchev–Trinajstić information content (AvgIpc) is 3.05. The van der Waals surface area contributed by atoms with Crippen molar-refractivity contribution in [2.24, 2.45) is 5.73 Å². The number of rotatable bonds is 4. The molecule has 1 aliphatic rings. The summed E-state index contributed by atoms with van der Waals surface area (Å²) in [7, 11) is 0. The lowest BCUT2D eigenvalue weighted by molar-refractivity contribution is 0.0929. The number of halogens is 1. The zero-order chi connectivity index (χ0) is 14.2. The third-order valence-corrected chi connectivity index (χ3v) is 3.61. The fraction of sp³-hybridized carbons (Fsp3) is 0.267. The standard InChI is InChI=1S/C15H15FN2O2/c16-13-4-2-1-3-12(13)15(5-6-15)18-14(19)10-7-11(8-17)20-9-10/h1-4,7,9H,5-6,8,17H2,(H,18,19). The van der Waals surface area contributed by atoms with Gasteiger partial charge in [-0.2, -0.15) is 0 Å². The summed E-state index contributed by atoms with van der Waals surface area (Å²) in [6.07, 6.45) is 2.84. The Balaban J connectivity index is 1.80. The monoisotopic (exact) mass is 274 g/mol. The Labute approximate surface area is 115 Å². The van der Waals surface area contributed by atoms with Gasteiger partial charge in [-0.05, 0) is 25.0 Å². The molecule has 1 aromatic carbocycles. The highest BCUT2D eigenvalue weighted by Gasteiger charge is 2.47. The van der Waals surface area contributed by atoms with Crippen LogP contribution >= 0.6 is 0 Å². The molecule has 0 saturated heterocycles. The molecule has 0 aliphatic heterocycles. The second kappa shape index (κ2) is 4.76. The first-order chi connectivity index (χ1) is 9.64. The van der Waals surface area contributed by atoms with Gasteiger partial charge in [0.15, 0.2) is 0 Å². The van der Waals surface area contributed by atoms with Crippen LogP contribution in [0.3, 0.4) is 0 Å². The molecule has 1 aliphatic carbocycles. The second-order valence-corrected chi connectivity index (χ2v) is 5.02. The first kappa shape index (κ1) is 12.9. The van der Waals surface area contributed by atoms with E-state index in [1.165, 1.54) is 12.3 Å². The van der Waals surface area contributed by atoms with Crippen LogP contribution in [0.4, 0.5) is 4.39 Å².